The van der Waals surface area contributed by atoms with Gasteiger partial charge in [-0.2, -0.15) is 11.8 Å². The second-order valence-corrected chi connectivity index (χ2v) is 4.99. The van der Waals surface area contributed by atoms with E-state index in [9.17, 15) is 0 Å². The Labute approximate surface area is 80.7 Å². The van der Waals surface area contributed by atoms with E-state index in [0.29, 0.717) is 0 Å². The van der Waals surface area contributed by atoms with Gasteiger partial charge in [0.05, 0.1) is 0 Å². The van der Waals surface area contributed by atoms with Crippen LogP contribution in [0.15, 0.2) is 0 Å². The molecule has 0 amide bonds. The van der Waals surface area contributed by atoms with Gasteiger partial charge in [-0.05, 0) is 31.1 Å². The lowest BCUT2D eigenvalue weighted by molar-refractivity contribution is 0.436. The van der Waals surface area contributed by atoms with Crippen molar-refractivity contribution in [2.75, 3.05) is 18.1 Å². The van der Waals surface area contributed by atoms with Crippen LogP contribution >= 0.6 is 11.8 Å². The molecule has 0 radical (unpaired) electrons. The zero-order valence-corrected chi connectivity index (χ0v) is 9.12. The molecule has 1 rings (SSSR count). The van der Waals surface area contributed by atoms with Crippen molar-refractivity contribution < 1.29 is 0 Å². The highest BCUT2D eigenvalue weighted by molar-refractivity contribution is 7.99. The lowest BCUT2D eigenvalue weighted by Crippen LogP contribution is -2.36. The zero-order valence-electron chi connectivity index (χ0n) is 8.31. The van der Waals surface area contributed by atoms with Gasteiger partial charge in [0.25, 0.3) is 0 Å². The van der Waals surface area contributed by atoms with Crippen molar-refractivity contribution >= 4 is 11.8 Å². The van der Waals surface area contributed by atoms with Gasteiger partial charge in [-0.15, -0.1) is 0 Å². The van der Waals surface area contributed by atoms with Gasteiger partial charge in [0.2, 0.25) is 0 Å². The number of hydrogen-bond acceptors (Lipinski definition) is 2. The lowest BCUT2D eigenvalue weighted by atomic mass is 10.1. The van der Waals surface area contributed by atoms with Crippen LogP contribution in [-0.2, 0) is 0 Å². The SMILES string of the molecule is CCC(C)CNC1CCCSC1. The number of hydrogen-bond donors (Lipinski definition) is 1. The molecule has 2 heteroatoms. The van der Waals surface area contributed by atoms with E-state index in [0.717, 1.165) is 12.0 Å². The van der Waals surface area contributed by atoms with Gasteiger partial charge in [0.1, 0.15) is 0 Å². The van der Waals surface area contributed by atoms with Crippen LogP contribution in [0.25, 0.3) is 0 Å². The van der Waals surface area contributed by atoms with Crippen molar-refractivity contribution in [1.82, 2.24) is 5.32 Å². The van der Waals surface area contributed by atoms with Crippen LogP contribution in [-0.4, -0.2) is 24.1 Å². The highest BCUT2D eigenvalue weighted by Gasteiger charge is 2.13. The molecular formula is C10H21NS. The highest BCUT2D eigenvalue weighted by atomic mass is 32.2. The fraction of sp³-hybridized carbons (Fsp3) is 1.00. The van der Waals surface area contributed by atoms with E-state index in [2.05, 4.69) is 30.9 Å². The summed E-state index contributed by atoms with van der Waals surface area (Å²) in [5.74, 6) is 3.55. The molecule has 1 aliphatic heterocycles. The van der Waals surface area contributed by atoms with Gasteiger partial charge < -0.3 is 5.32 Å². The minimum atomic E-state index is 0.803. The molecule has 0 saturated carbocycles. The smallest absolute Gasteiger partial charge is 0.0158 e. The Morgan fingerprint density at radius 2 is 2.42 bits per heavy atom. The quantitative estimate of drug-likeness (QED) is 0.726. The van der Waals surface area contributed by atoms with Crippen LogP contribution in [0.3, 0.4) is 0 Å². The Bertz CT molecular complexity index is 110. The normalized spacial score (nSPS) is 27.0. The molecule has 1 aliphatic rings. The second-order valence-electron chi connectivity index (χ2n) is 3.84. The van der Waals surface area contributed by atoms with Crippen LogP contribution < -0.4 is 5.32 Å². The molecule has 1 N–H and O–H groups in total. The monoisotopic (exact) mass is 187 g/mol. The molecule has 0 spiro atoms. The summed E-state index contributed by atoms with van der Waals surface area (Å²) in [6.45, 7) is 5.80. The molecule has 0 aromatic rings. The van der Waals surface area contributed by atoms with Crippen LogP contribution in [0.1, 0.15) is 33.1 Å². The molecule has 0 aromatic carbocycles. The van der Waals surface area contributed by atoms with E-state index in [1.807, 2.05) is 0 Å². The molecule has 0 aromatic heterocycles. The molecular weight excluding hydrogens is 166 g/mol. The maximum Gasteiger partial charge on any atom is 0.0158 e. The van der Waals surface area contributed by atoms with E-state index >= 15 is 0 Å². The third-order valence-electron chi connectivity index (χ3n) is 2.61. The third kappa shape index (κ3) is 3.81. The van der Waals surface area contributed by atoms with Gasteiger partial charge in [-0.1, -0.05) is 20.3 Å². The number of nitrogens with one attached hydrogen (secondary N) is 1. The van der Waals surface area contributed by atoms with Crippen molar-refractivity contribution in [1.29, 1.82) is 0 Å². The van der Waals surface area contributed by atoms with Gasteiger partial charge >= 0.3 is 0 Å². The number of thioether (sulfide) groups is 1. The van der Waals surface area contributed by atoms with Crippen molar-refractivity contribution in [3.8, 4) is 0 Å². The van der Waals surface area contributed by atoms with E-state index in [4.69, 9.17) is 0 Å². The minimum Gasteiger partial charge on any atom is -0.313 e. The van der Waals surface area contributed by atoms with Crippen molar-refractivity contribution in [2.24, 2.45) is 5.92 Å². The first-order chi connectivity index (χ1) is 5.83. The van der Waals surface area contributed by atoms with Gasteiger partial charge in [-0.3, -0.25) is 0 Å². The summed E-state index contributed by atoms with van der Waals surface area (Å²) < 4.78 is 0. The molecule has 0 bridgehead atoms. The highest BCUT2D eigenvalue weighted by Crippen LogP contribution is 2.17. The lowest BCUT2D eigenvalue weighted by Gasteiger charge is -2.23. The van der Waals surface area contributed by atoms with Crippen molar-refractivity contribution in [3.05, 3.63) is 0 Å². The average Bonchev–Trinajstić information content (AvgIpc) is 2.16. The third-order valence-corrected chi connectivity index (χ3v) is 3.83. The second kappa shape index (κ2) is 5.87. The van der Waals surface area contributed by atoms with Crippen LogP contribution in [0.4, 0.5) is 0 Å². The van der Waals surface area contributed by atoms with Gasteiger partial charge in [0, 0.05) is 11.8 Å². The Balaban J connectivity index is 2.05. The molecule has 1 saturated heterocycles. The van der Waals surface area contributed by atoms with Crippen molar-refractivity contribution in [3.63, 3.8) is 0 Å². The fourth-order valence-electron chi connectivity index (χ4n) is 1.41. The summed E-state index contributed by atoms with van der Waals surface area (Å²) in [4.78, 5) is 0. The average molecular weight is 187 g/mol. The Kier molecular flexibility index (Phi) is 5.08. The Morgan fingerprint density at radius 3 is 3.00 bits per heavy atom. The zero-order chi connectivity index (χ0) is 8.81. The van der Waals surface area contributed by atoms with Gasteiger partial charge in [0.15, 0.2) is 0 Å². The summed E-state index contributed by atoms with van der Waals surface area (Å²) in [7, 11) is 0. The molecule has 12 heavy (non-hydrogen) atoms. The van der Waals surface area contributed by atoms with Crippen molar-refractivity contribution in [2.45, 2.75) is 39.2 Å². The Hall–Kier alpha value is 0.310. The molecule has 2 atom stereocenters. The largest absolute Gasteiger partial charge is 0.313 e. The van der Waals surface area contributed by atoms with Crippen LogP contribution in [0.2, 0.25) is 0 Å². The molecule has 2 unspecified atom stereocenters. The van der Waals surface area contributed by atoms with Gasteiger partial charge in [-0.25, -0.2) is 0 Å². The summed E-state index contributed by atoms with van der Waals surface area (Å²) in [6.07, 6.45) is 4.10. The Morgan fingerprint density at radius 1 is 1.58 bits per heavy atom. The summed E-state index contributed by atoms with van der Waals surface area (Å²) >= 11 is 2.10. The van der Waals surface area contributed by atoms with Crippen LogP contribution in [0, 0.1) is 5.92 Å². The van der Waals surface area contributed by atoms with E-state index in [-0.39, 0.29) is 0 Å². The standard InChI is InChI=1S/C10H21NS/c1-3-9(2)7-11-10-5-4-6-12-8-10/h9-11H,3-8H2,1-2H3. The summed E-state index contributed by atoms with van der Waals surface area (Å²) in [5, 5.41) is 3.65. The first-order valence-corrected chi connectivity index (χ1v) is 6.29. The first-order valence-electron chi connectivity index (χ1n) is 5.14. The summed E-state index contributed by atoms with van der Waals surface area (Å²) in [5.41, 5.74) is 0. The van der Waals surface area contributed by atoms with Crippen LogP contribution in [0.5, 0.6) is 0 Å². The summed E-state index contributed by atoms with van der Waals surface area (Å²) in [6, 6.07) is 0.803. The predicted octanol–water partition coefficient (Wildman–Crippen LogP) is 2.52. The molecule has 0 aliphatic carbocycles. The molecule has 72 valence electrons. The molecule has 1 fully saturated rings. The van der Waals surface area contributed by atoms with E-state index < -0.39 is 0 Å². The number of rotatable bonds is 4. The predicted molar refractivity (Wildman–Crippen MR) is 57.8 cm³/mol. The minimum absolute atomic E-state index is 0.803. The molecule has 1 heterocycles. The molecule has 1 nitrogen and oxygen atoms in total. The van der Waals surface area contributed by atoms with E-state index in [1.54, 1.807) is 0 Å². The first kappa shape index (κ1) is 10.4. The fourth-order valence-corrected chi connectivity index (χ4v) is 2.52. The topological polar surface area (TPSA) is 12.0 Å². The maximum absolute atomic E-state index is 3.65. The van der Waals surface area contributed by atoms with E-state index in [1.165, 1.54) is 37.3 Å². The maximum atomic E-state index is 3.65.